The van der Waals surface area contributed by atoms with Crippen LogP contribution < -0.4 is 11.1 Å². The highest BCUT2D eigenvalue weighted by Crippen LogP contribution is 2.23. The number of carbonyl (C=O) groups excluding carboxylic acids is 4. The van der Waals surface area contributed by atoms with Crippen molar-refractivity contribution in [2.75, 3.05) is 19.5 Å². The molecule has 0 saturated carbocycles. The van der Waals surface area contributed by atoms with Gasteiger partial charge in [-0.15, -0.1) is 11.8 Å². The molecule has 0 bridgehead atoms. The summed E-state index contributed by atoms with van der Waals surface area (Å²) in [6.45, 7) is -0.573. The second-order valence-corrected chi connectivity index (χ2v) is 7.18. The number of primary amides is 1. The first-order valence-corrected chi connectivity index (χ1v) is 9.97. The molecule has 0 heterocycles. The van der Waals surface area contributed by atoms with Crippen LogP contribution in [0.4, 0.5) is 0 Å². The average Bonchev–Trinajstić information content (AvgIpc) is 2.76. The molecule has 1 unspecified atom stereocenters. The van der Waals surface area contributed by atoms with Crippen molar-refractivity contribution in [3.63, 3.8) is 0 Å². The smallest absolute Gasteiger partial charge is 0.339 e. The molecule has 0 saturated heterocycles. The van der Waals surface area contributed by atoms with Crippen molar-refractivity contribution in [3.05, 3.63) is 65.7 Å². The topological polar surface area (TPSA) is 125 Å². The Bertz CT molecular complexity index is 903. The number of rotatable bonds is 10. The van der Waals surface area contributed by atoms with Gasteiger partial charge in [-0.1, -0.05) is 42.5 Å². The molecule has 1 atom stereocenters. The number of hydrogen-bond donors (Lipinski definition) is 2. The van der Waals surface area contributed by atoms with Crippen LogP contribution in [0.1, 0.15) is 15.9 Å². The van der Waals surface area contributed by atoms with Crippen molar-refractivity contribution in [2.45, 2.75) is 17.4 Å². The highest BCUT2D eigenvalue weighted by atomic mass is 32.2. The molecular formula is C21H22N2O6S. The molecule has 3 N–H and O–H groups in total. The summed E-state index contributed by atoms with van der Waals surface area (Å²) in [5.41, 5.74) is 6.19. The zero-order chi connectivity index (χ0) is 21.9. The number of ether oxygens (including phenoxy) is 2. The first-order valence-electron chi connectivity index (χ1n) is 8.99. The second-order valence-electron chi connectivity index (χ2n) is 6.16. The van der Waals surface area contributed by atoms with Gasteiger partial charge in [0, 0.05) is 11.3 Å². The minimum Gasteiger partial charge on any atom is -0.467 e. The molecule has 2 rings (SSSR count). The molecule has 8 nitrogen and oxygen atoms in total. The molecule has 0 aromatic heterocycles. The van der Waals surface area contributed by atoms with E-state index in [1.54, 1.807) is 18.2 Å². The molecule has 158 valence electrons. The van der Waals surface area contributed by atoms with Crippen LogP contribution in [-0.2, 0) is 30.3 Å². The number of nitrogens with one attached hydrogen (secondary N) is 1. The standard InChI is InChI=1S/C21H22N2O6S/c1-28-21(27)16(11-14-7-3-2-4-8-14)23-19(25)12-29-20(26)15-9-5-6-10-17(15)30-13-18(22)24/h2-10,16H,11-13H2,1H3,(H2,22,24)(H,23,25). The van der Waals surface area contributed by atoms with Crippen LogP contribution in [0.2, 0.25) is 0 Å². The Balaban J connectivity index is 1.96. The van der Waals surface area contributed by atoms with Gasteiger partial charge in [-0.2, -0.15) is 0 Å². The Morgan fingerprint density at radius 2 is 1.70 bits per heavy atom. The highest BCUT2D eigenvalue weighted by Gasteiger charge is 2.23. The number of carbonyl (C=O) groups is 4. The summed E-state index contributed by atoms with van der Waals surface area (Å²) >= 11 is 1.10. The van der Waals surface area contributed by atoms with Gasteiger partial charge in [0.1, 0.15) is 6.04 Å². The second kappa shape index (κ2) is 11.6. The van der Waals surface area contributed by atoms with E-state index < -0.39 is 36.4 Å². The summed E-state index contributed by atoms with van der Waals surface area (Å²) < 4.78 is 9.81. The van der Waals surface area contributed by atoms with Gasteiger partial charge in [0.05, 0.1) is 18.4 Å². The Kier molecular flexibility index (Phi) is 8.89. The van der Waals surface area contributed by atoms with Crippen molar-refractivity contribution in [2.24, 2.45) is 5.73 Å². The van der Waals surface area contributed by atoms with Crippen molar-refractivity contribution in [1.29, 1.82) is 0 Å². The maximum Gasteiger partial charge on any atom is 0.339 e. The number of thioether (sulfide) groups is 1. The van der Waals surface area contributed by atoms with Crippen LogP contribution in [0.5, 0.6) is 0 Å². The van der Waals surface area contributed by atoms with E-state index in [-0.39, 0.29) is 17.7 Å². The van der Waals surface area contributed by atoms with Crippen LogP contribution in [0.15, 0.2) is 59.5 Å². The van der Waals surface area contributed by atoms with Gasteiger partial charge in [0.2, 0.25) is 5.91 Å². The first-order chi connectivity index (χ1) is 14.4. The van der Waals surface area contributed by atoms with Crippen molar-refractivity contribution >= 4 is 35.5 Å². The molecule has 2 aromatic rings. The lowest BCUT2D eigenvalue weighted by atomic mass is 10.1. The largest absolute Gasteiger partial charge is 0.467 e. The lowest BCUT2D eigenvalue weighted by Gasteiger charge is -2.17. The molecule has 0 fully saturated rings. The van der Waals surface area contributed by atoms with E-state index in [9.17, 15) is 19.2 Å². The third-order valence-corrected chi connectivity index (χ3v) is 5.01. The first kappa shape index (κ1) is 23.0. The quantitative estimate of drug-likeness (QED) is 0.430. The highest BCUT2D eigenvalue weighted by molar-refractivity contribution is 8.00. The fraction of sp³-hybridized carbons (Fsp3) is 0.238. The Labute approximate surface area is 178 Å². The van der Waals surface area contributed by atoms with Gasteiger partial charge >= 0.3 is 11.9 Å². The number of esters is 2. The molecule has 0 radical (unpaired) electrons. The van der Waals surface area contributed by atoms with Gasteiger partial charge in [0.15, 0.2) is 6.61 Å². The predicted molar refractivity (Wildman–Crippen MR) is 111 cm³/mol. The summed E-state index contributed by atoms with van der Waals surface area (Å²) in [4.78, 5) is 48.1. The molecule has 2 amide bonds. The number of benzene rings is 2. The van der Waals surface area contributed by atoms with Crippen LogP contribution in [0, 0.1) is 0 Å². The summed E-state index contributed by atoms with van der Waals surface area (Å²) in [5.74, 6) is -2.49. The fourth-order valence-corrected chi connectivity index (χ4v) is 3.32. The summed E-state index contributed by atoms with van der Waals surface area (Å²) in [6, 6.07) is 14.7. The minimum absolute atomic E-state index is 0.00503. The van der Waals surface area contributed by atoms with E-state index in [2.05, 4.69) is 5.32 Å². The molecule has 9 heteroatoms. The molecule has 0 spiro atoms. The van der Waals surface area contributed by atoms with Gasteiger partial charge < -0.3 is 20.5 Å². The summed E-state index contributed by atoms with van der Waals surface area (Å²) in [7, 11) is 1.23. The normalized spacial score (nSPS) is 11.2. The van der Waals surface area contributed by atoms with E-state index in [1.165, 1.54) is 13.2 Å². The lowest BCUT2D eigenvalue weighted by molar-refractivity contribution is -0.145. The van der Waals surface area contributed by atoms with Crippen molar-refractivity contribution in [1.82, 2.24) is 5.32 Å². The Morgan fingerprint density at radius 3 is 2.37 bits per heavy atom. The van der Waals surface area contributed by atoms with Gasteiger partial charge in [-0.25, -0.2) is 9.59 Å². The SMILES string of the molecule is COC(=O)C(Cc1ccccc1)NC(=O)COC(=O)c1ccccc1SCC(N)=O. The maximum absolute atomic E-state index is 12.4. The summed E-state index contributed by atoms with van der Waals surface area (Å²) in [5, 5.41) is 2.52. The maximum atomic E-state index is 12.4. The van der Waals surface area contributed by atoms with E-state index in [4.69, 9.17) is 15.2 Å². The molecular weight excluding hydrogens is 408 g/mol. The predicted octanol–water partition coefficient (Wildman–Crippen LogP) is 1.32. The molecule has 30 heavy (non-hydrogen) atoms. The lowest BCUT2D eigenvalue weighted by Crippen LogP contribution is -2.44. The van der Waals surface area contributed by atoms with E-state index >= 15 is 0 Å². The van der Waals surface area contributed by atoms with Gasteiger partial charge in [-0.05, 0) is 17.7 Å². The molecule has 0 aliphatic carbocycles. The molecule has 0 aliphatic rings. The van der Waals surface area contributed by atoms with Crippen LogP contribution >= 0.6 is 11.8 Å². The van der Waals surface area contributed by atoms with E-state index in [0.717, 1.165) is 17.3 Å². The zero-order valence-electron chi connectivity index (χ0n) is 16.3. The minimum atomic E-state index is -0.915. The van der Waals surface area contributed by atoms with Crippen LogP contribution in [0.3, 0.4) is 0 Å². The average molecular weight is 430 g/mol. The molecule has 2 aromatic carbocycles. The number of methoxy groups -OCH3 is 1. The van der Waals surface area contributed by atoms with E-state index in [1.807, 2.05) is 30.3 Å². The van der Waals surface area contributed by atoms with Gasteiger partial charge in [-0.3, -0.25) is 9.59 Å². The monoisotopic (exact) mass is 430 g/mol. The van der Waals surface area contributed by atoms with Crippen molar-refractivity contribution in [3.8, 4) is 0 Å². The molecule has 0 aliphatic heterocycles. The fourth-order valence-electron chi connectivity index (χ4n) is 2.54. The van der Waals surface area contributed by atoms with Gasteiger partial charge in [0.25, 0.3) is 5.91 Å². The van der Waals surface area contributed by atoms with E-state index in [0.29, 0.717) is 4.90 Å². The Morgan fingerprint density at radius 1 is 1.03 bits per heavy atom. The Hall–Kier alpha value is -3.33. The third kappa shape index (κ3) is 7.25. The number of nitrogens with two attached hydrogens (primary N) is 1. The van der Waals surface area contributed by atoms with Crippen molar-refractivity contribution < 1.29 is 28.7 Å². The van der Waals surface area contributed by atoms with Crippen LogP contribution in [0.25, 0.3) is 0 Å². The number of hydrogen-bond acceptors (Lipinski definition) is 7. The third-order valence-electron chi connectivity index (χ3n) is 3.91. The zero-order valence-corrected chi connectivity index (χ0v) is 17.1. The summed E-state index contributed by atoms with van der Waals surface area (Å²) in [6.07, 6.45) is 0.236. The van der Waals surface area contributed by atoms with Crippen LogP contribution in [-0.4, -0.2) is 49.3 Å². The number of amides is 2.